The zero-order valence-electron chi connectivity index (χ0n) is 2.72. The van der Waals surface area contributed by atoms with Gasteiger partial charge in [0.15, 0.2) is 0 Å². The van der Waals surface area contributed by atoms with Crippen LogP contribution in [0.15, 0.2) is 0 Å². The molecule has 0 aromatic rings. The molecule has 32 valence electrons. The molecule has 4 nitrogen and oxygen atoms in total. The Morgan fingerprint density at radius 1 is 1.17 bits per heavy atom. The molecule has 0 amide bonds. The first-order valence-corrected chi connectivity index (χ1v) is 2.54. The van der Waals surface area contributed by atoms with Gasteiger partial charge in [-0.25, -0.2) is 0 Å². The van der Waals surface area contributed by atoms with E-state index < -0.39 is 13.0 Å². The van der Waals surface area contributed by atoms with E-state index in [4.69, 9.17) is 15.7 Å². The van der Waals surface area contributed by atoms with Gasteiger partial charge in [0.1, 0.15) is 0 Å². The summed E-state index contributed by atoms with van der Waals surface area (Å²) in [6.07, 6.45) is 0. The molecule has 0 rings (SSSR count). The van der Waals surface area contributed by atoms with E-state index >= 15 is 0 Å². The summed E-state index contributed by atoms with van der Waals surface area (Å²) in [6.45, 7) is 0. The van der Waals surface area contributed by atoms with Gasteiger partial charge in [-0.3, -0.25) is 0 Å². The summed E-state index contributed by atoms with van der Waals surface area (Å²) in [5.41, 5.74) is 0. The molecule has 6 heteroatoms. The Hall–Kier alpha value is 1.45. The first kappa shape index (κ1) is 10.4. The van der Waals surface area contributed by atoms with Gasteiger partial charge in [-0.2, -0.15) is 0 Å². The first-order valence-electron chi connectivity index (χ1n) is 0.617. The van der Waals surface area contributed by atoms with Crippen molar-refractivity contribution in [3.05, 3.63) is 0 Å². The average molecular weight is 256 g/mol. The summed E-state index contributed by atoms with van der Waals surface area (Å²) in [7, 11) is 0. The van der Waals surface area contributed by atoms with Gasteiger partial charge in [-0.05, 0) is 0 Å². The van der Waals surface area contributed by atoms with Crippen LogP contribution < -0.4 is 4.19 Å². The van der Waals surface area contributed by atoms with Gasteiger partial charge in [0.25, 0.3) is 0 Å². The van der Waals surface area contributed by atoms with Crippen molar-refractivity contribution in [1.29, 1.82) is 0 Å². The molecule has 0 aromatic carbocycles. The molecule has 0 unspecified atom stereocenters. The van der Waals surface area contributed by atoms with Gasteiger partial charge in [-0.15, -0.1) is 0 Å². The monoisotopic (exact) mass is 257 g/mol. The molecule has 6 heavy (non-hydrogen) atoms. The molecule has 0 aliphatic carbocycles. The van der Waals surface area contributed by atoms with Gasteiger partial charge in [0.2, 0.25) is 0 Å². The van der Waals surface area contributed by atoms with Crippen molar-refractivity contribution in [2.75, 3.05) is 0 Å². The van der Waals surface area contributed by atoms with Crippen molar-refractivity contribution in [2.24, 2.45) is 0 Å². The second kappa shape index (κ2) is 3.45. The van der Waals surface area contributed by atoms with E-state index in [1.807, 2.05) is 0 Å². The standard InChI is InChI=1S/Ba.Mn.4O/q+2;;;;;-1. The van der Waals surface area contributed by atoms with Crippen molar-refractivity contribution in [1.82, 2.24) is 0 Å². The third-order valence-electron chi connectivity index (χ3n) is 0. The second-order valence-corrected chi connectivity index (χ2v) is 1.56. The number of rotatable bonds is 0. The molecule has 0 saturated heterocycles. The molecule has 0 radical (unpaired) electrons. The molecule has 0 spiro atoms. The Labute approximate surface area is 76.2 Å². The third-order valence-corrected chi connectivity index (χ3v) is 0. The molecule has 0 aliphatic rings. The van der Waals surface area contributed by atoms with Crippen LogP contribution in [-0.2, 0) is 24.5 Å². The molecule has 0 bridgehead atoms. The van der Waals surface area contributed by atoms with Crippen LogP contribution >= 0.6 is 0 Å². The van der Waals surface area contributed by atoms with Crippen LogP contribution in [0.25, 0.3) is 0 Å². The van der Waals surface area contributed by atoms with Gasteiger partial charge < -0.3 is 0 Å². The Morgan fingerprint density at radius 2 is 1.17 bits per heavy atom. The van der Waals surface area contributed by atoms with Crippen molar-refractivity contribution >= 4 is 48.9 Å². The van der Waals surface area contributed by atoms with Crippen LogP contribution in [0.1, 0.15) is 0 Å². The Morgan fingerprint density at radius 3 is 1.17 bits per heavy atom. The first-order chi connectivity index (χ1) is 2.00. The van der Waals surface area contributed by atoms with Crippen molar-refractivity contribution in [2.45, 2.75) is 0 Å². The quantitative estimate of drug-likeness (QED) is 0.473. The van der Waals surface area contributed by atoms with E-state index in [1.54, 1.807) is 0 Å². The fourth-order valence-corrected chi connectivity index (χ4v) is 0. The van der Waals surface area contributed by atoms with Crippen molar-refractivity contribution < 1.29 is 28.7 Å². The fourth-order valence-electron chi connectivity index (χ4n) is 0. The molecular weight excluding hydrogens is 256 g/mol. The molecular formula is BaMnO4+. The van der Waals surface area contributed by atoms with Crippen LogP contribution in [0.2, 0.25) is 0 Å². The Balaban J connectivity index is 0. The van der Waals surface area contributed by atoms with Gasteiger partial charge in [0, 0.05) is 0 Å². The van der Waals surface area contributed by atoms with E-state index in [-0.39, 0.29) is 48.9 Å². The predicted molar refractivity (Wildman–Crippen MR) is 7.81 cm³/mol. The van der Waals surface area contributed by atoms with Crippen LogP contribution in [0.3, 0.4) is 0 Å². The summed E-state index contributed by atoms with van der Waals surface area (Å²) in [5.74, 6) is 0. The summed E-state index contributed by atoms with van der Waals surface area (Å²) < 4.78 is 34.3. The second-order valence-electron chi connectivity index (χ2n) is 0.378. The fraction of sp³-hybridized carbons (Fsp3) is 0. The number of hydrogen-bond acceptors (Lipinski definition) is 4. The molecule has 0 saturated carbocycles. The number of hydrogen-bond donors (Lipinski definition) is 0. The molecule has 0 heterocycles. The summed E-state index contributed by atoms with van der Waals surface area (Å²) >= 11 is -5.62. The van der Waals surface area contributed by atoms with Gasteiger partial charge >= 0.3 is 77.5 Å². The molecule has 0 aromatic heterocycles. The van der Waals surface area contributed by atoms with Crippen LogP contribution in [0, 0.1) is 0 Å². The van der Waals surface area contributed by atoms with E-state index in [0.29, 0.717) is 0 Å². The summed E-state index contributed by atoms with van der Waals surface area (Å²) in [6, 6.07) is 0. The third kappa shape index (κ3) is 51.3. The predicted octanol–water partition coefficient (Wildman–Crippen LogP) is -1.93. The molecule has 0 atom stereocenters. The minimum absolute atomic E-state index is 0. The SMILES string of the molecule is [Ba+2].[O]=[Mn](=[O])(=[O])[O-]. The zero-order chi connectivity index (χ0) is 4.50. The topological polar surface area (TPSA) is 74.3 Å². The summed E-state index contributed by atoms with van der Waals surface area (Å²) in [5, 5.41) is 0. The van der Waals surface area contributed by atoms with Crippen LogP contribution in [-0.4, -0.2) is 48.9 Å². The van der Waals surface area contributed by atoms with Crippen LogP contribution in [0.4, 0.5) is 0 Å². The molecule has 0 fully saturated rings. The van der Waals surface area contributed by atoms with E-state index in [1.165, 1.54) is 0 Å². The van der Waals surface area contributed by atoms with Crippen LogP contribution in [0.5, 0.6) is 0 Å². The van der Waals surface area contributed by atoms with Crippen molar-refractivity contribution in [3.63, 3.8) is 0 Å². The van der Waals surface area contributed by atoms with E-state index in [0.717, 1.165) is 0 Å². The molecule has 0 N–H and O–H groups in total. The Bertz CT molecular complexity index is 129. The maximum atomic E-state index is 8.58. The average Bonchev–Trinajstić information content (AvgIpc) is 0.722. The van der Waals surface area contributed by atoms with Gasteiger partial charge in [0.05, 0.1) is 0 Å². The van der Waals surface area contributed by atoms with Crippen molar-refractivity contribution in [3.8, 4) is 0 Å². The van der Waals surface area contributed by atoms with E-state index in [9.17, 15) is 0 Å². The minimum atomic E-state index is -5.62. The Kier molecular flexibility index (Phi) is 6.00. The zero-order valence-corrected chi connectivity index (χ0v) is 8.34. The van der Waals surface area contributed by atoms with Gasteiger partial charge in [-0.1, -0.05) is 0 Å². The van der Waals surface area contributed by atoms with E-state index in [2.05, 4.69) is 0 Å². The molecule has 0 aliphatic heterocycles. The normalized spacial score (nSPS) is 9.50. The maximum absolute atomic E-state index is 8.58. The summed E-state index contributed by atoms with van der Waals surface area (Å²) in [4.78, 5) is 0.